The van der Waals surface area contributed by atoms with E-state index in [9.17, 15) is 4.79 Å². The zero-order valence-electron chi connectivity index (χ0n) is 17.0. The number of hydrogen-bond acceptors (Lipinski definition) is 7. The largest absolute Gasteiger partial charge is 0.492 e. The average molecular weight is 427 g/mol. The summed E-state index contributed by atoms with van der Waals surface area (Å²) in [5.74, 6) is 2.21. The van der Waals surface area contributed by atoms with Gasteiger partial charge >= 0.3 is 0 Å². The molecule has 8 heteroatoms. The van der Waals surface area contributed by atoms with E-state index in [1.54, 1.807) is 19.3 Å². The zero-order valence-corrected chi connectivity index (χ0v) is 17.9. The van der Waals surface area contributed by atoms with E-state index < -0.39 is 0 Å². The molecule has 1 aromatic carbocycles. The predicted molar refractivity (Wildman–Crippen MR) is 117 cm³/mol. The van der Waals surface area contributed by atoms with E-state index in [-0.39, 0.29) is 5.91 Å². The van der Waals surface area contributed by atoms with Gasteiger partial charge in [0.05, 0.1) is 10.2 Å². The van der Waals surface area contributed by atoms with Gasteiger partial charge in [0, 0.05) is 32.4 Å². The minimum Gasteiger partial charge on any atom is -0.492 e. The Bertz CT molecular complexity index is 935. The average Bonchev–Trinajstić information content (AvgIpc) is 3.17. The van der Waals surface area contributed by atoms with Gasteiger partial charge in [0.1, 0.15) is 18.1 Å². The molecule has 1 aliphatic heterocycles. The number of amides is 1. The number of fused-ring (bicyclic) bond motifs is 1. The topological polar surface area (TPSA) is 76.6 Å². The van der Waals surface area contributed by atoms with Crippen LogP contribution in [0.1, 0.15) is 19.8 Å². The highest BCUT2D eigenvalue weighted by atomic mass is 32.1. The fraction of sp³-hybridized carbons (Fsp3) is 0.409. The number of likely N-dealkylation sites (tertiary alicyclic amines) is 1. The normalized spacial score (nSPS) is 15.2. The Hall–Kier alpha value is -2.71. The molecular formula is C22H26N4O3S. The zero-order chi connectivity index (χ0) is 20.8. The van der Waals surface area contributed by atoms with E-state index in [4.69, 9.17) is 9.47 Å². The lowest BCUT2D eigenvalue weighted by Crippen LogP contribution is -2.39. The molecule has 1 saturated heterocycles. The molecule has 2 aromatic heterocycles. The Balaban J connectivity index is 1.18. The number of hydrogen-bond donors (Lipinski definition) is 1. The van der Waals surface area contributed by atoms with E-state index in [0.29, 0.717) is 17.7 Å². The third-order valence-electron chi connectivity index (χ3n) is 5.22. The van der Waals surface area contributed by atoms with Crippen LogP contribution >= 0.6 is 11.3 Å². The molecule has 1 N–H and O–H groups in total. The number of carbonyl (C=O) groups excluding carboxylic acids is 1. The maximum atomic E-state index is 11.0. The van der Waals surface area contributed by atoms with Crippen molar-refractivity contribution in [3.05, 3.63) is 42.7 Å². The summed E-state index contributed by atoms with van der Waals surface area (Å²) in [7, 11) is 0. The van der Waals surface area contributed by atoms with E-state index in [0.717, 1.165) is 60.7 Å². The third kappa shape index (κ3) is 5.67. The summed E-state index contributed by atoms with van der Waals surface area (Å²) in [6.07, 6.45) is 5.76. The number of thiazole rings is 1. The summed E-state index contributed by atoms with van der Waals surface area (Å²) in [5.41, 5.74) is 0.893. The van der Waals surface area contributed by atoms with Crippen LogP contribution in [0.5, 0.6) is 16.7 Å². The molecule has 0 atom stereocenters. The highest BCUT2D eigenvalue weighted by Gasteiger charge is 2.19. The molecule has 0 radical (unpaired) electrons. The van der Waals surface area contributed by atoms with Gasteiger partial charge in [-0.15, -0.1) is 0 Å². The Labute approximate surface area is 180 Å². The van der Waals surface area contributed by atoms with Gasteiger partial charge in [-0.2, -0.15) is 0 Å². The van der Waals surface area contributed by atoms with E-state index in [1.807, 2.05) is 30.3 Å². The first kappa shape index (κ1) is 20.6. The van der Waals surface area contributed by atoms with Crippen LogP contribution in [0.4, 0.5) is 0 Å². The first-order chi connectivity index (χ1) is 14.7. The van der Waals surface area contributed by atoms with Gasteiger partial charge < -0.3 is 14.8 Å². The molecule has 1 amide bonds. The van der Waals surface area contributed by atoms with Crippen LogP contribution in [-0.2, 0) is 4.79 Å². The second kappa shape index (κ2) is 9.86. The van der Waals surface area contributed by atoms with Crippen LogP contribution in [0.15, 0.2) is 42.7 Å². The minimum atomic E-state index is 0.0552. The fourth-order valence-corrected chi connectivity index (χ4v) is 4.30. The summed E-state index contributed by atoms with van der Waals surface area (Å²) in [4.78, 5) is 22.0. The van der Waals surface area contributed by atoms with Crippen molar-refractivity contribution in [2.24, 2.45) is 5.92 Å². The molecule has 0 spiro atoms. The van der Waals surface area contributed by atoms with Crippen LogP contribution < -0.4 is 14.8 Å². The number of carbonyl (C=O) groups is 1. The van der Waals surface area contributed by atoms with Gasteiger partial charge in [-0.25, -0.2) is 4.98 Å². The van der Waals surface area contributed by atoms with Crippen molar-refractivity contribution in [2.75, 3.05) is 32.8 Å². The van der Waals surface area contributed by atoms with Gasteiger partial charge in [-0.3, -0.25) is 14.7 Å². The quantitative estimate of drug-likeness (QED) is 0.592. The van der Waals surface area contributed by atoms with Gasteiger partial charge in [-0.1, -0.05) is 11.3 Å². The molecule has 0 bridgehead atoms. The highest BCUT2D eigenvalue weighted by Crippen LogP contribution is 2.31. The Morgan fingerprint density at radius 1 is 1.20 bits per heavy atom. The van der Waals surface area contributed by atoms with Crippen LogP contribution in [-0.4, -0.2) is 53.6 Å². The maximum absolute atomic E-state index is 11.0. The van der Waals surface area contributed by atoms with Crippen molar-refractivity contribution in [1.29, 1.82) is 0 Å². The number of rotatable bonds is 8. The smallest absolute Gasteiger partial charge is 0.279 e. The standard InChI is InChI=1S/C22H26N4O3S/c1-16(27)24-14-17-7-10-26(11-8-17)12-13-28-18-2-4-19(5-3-18)29-22-25-20-6-9-23-15-21(20)30-22/h2-6,9,15,17H,7-8,10-14H2,1H3,(H,24,27). The van der Waals surface area contributed by atoms with Gasteiger partial charge in [0.15, 0.2) is 0 Å². The molecule has 4 rings (SSSR count). The number of nitrogens with one attached hydrogen (secondary N) is 1. The van der Waals surface area contributed by atoms with E-state index >= 15 is 0 Å². The minimum absolute atomic E-state index is 0.0552. The number of piperidine rings is 1. The second-order valence-electron chi connectivity index (χ2n) is 7.47. The summed E-state index contributed by atoms with van der Waals surface area (Å²) >= 11 is 1.48. The van der Waals surface area contributed by atoms with Crippen molar-refractivity contribution in [2.45, 2.75) is 19.8 Å². The van der Waals surface area contributed by atoms with Crippen molar-refractivity contribution < 1.29 is 14.3 Å². The Morgan fingerprint density at radius 2 is 1.97 bits per heavy atom. The van der Waals surface area contributed by atoms with Crippen LogP contribution in [0.25, 0.3) is 10.2 Å². The first-order valence-corrected chi connectivity index (χ1v) is 11.1. The predicted octanol–water partition coefficient (Wildman–Crippen LogP) is 3.71. The monoisotopic (exact) mass is 426 g/mol. The molecule has 0 aliphatic carbocycles. The summed E-state index contributed by atoms with van der Waals surface area (Å²) in [6.45, 7) is 6.04. The lowest BCUT2D eigenvalue weighted by Gasteiger charge is -2.31. The summed E-state index contributed by atoms with van der Waals surface area (Å²) < 4.78 is 12.8. The SMILES string of the molecule is CC(=O)NCC1CCN(CCOc2ccc(Oc3nc4ccncc4s3)cc2)CC1. The lowest BCUT2D eigenvalue weighted by atomic mass is 9.97. The Kier molecular flexibility index (Phi) is 6.76. The van der Waals surface area contributed by atoms with Crippen molar-refractivity contribution in [3.8, 4) is 16.7 Å². The maximum Gasteiger partial charge on any atom is 0.279 e. The molecule has 1 aliphatic rings. The highest BCUT2D eigenvalue weighted by molar-refractivity contribution is 7.20. The van der Waals surface area contributed by atoms with E-state index in [2.05, 4.69) is 20.2 Å². The number of aromatic nitrogens is 2. The molecule has 30 heavy (non-hydrogen) atoms. The van der Waals surface area contributed by atoms with E-state index in [1.165, 1.54) is 11.3 Å². The molecule has 0 unspecified atom stereocenters. The van der Waals surface area contributed by atoms with Crippen LogP contribution in [0, 0.1) is 5.92 Å². The van der Waals surface area contributed by atoms with Crippen molar-refractivity contribution >= 4 is 27.5 Å². The molecule has 1 fully saturated rings. The van der Waals surface area contributed by atoms with Crippen LogP contribution in [0.3, 0.4) is 0 Å². The number of nitrogens with zero attached hydrogens (tertiary/aromatic N) is 3. The summed E-state index contributed by atoms with van der Waals surface area (Å²) in [5, 5.41) is 3.53. The van der Waals surface area contributed by atoms with Gasteiger partial charge in [-0.05, 0) is 62.2 Å². The molecule has 0 saturated carbocycles. The number of pyridine rings is 1. The summed E-state index contributed by atoms with van der Waals surface area (Å²) in [6, 6.07) is 9.51. The Morgan fingerprint density at radius 3 is 2.70 bits per heavy atom. The number of ether oxygens (including phenoxy) is 2. The second-order valence-corrected chi connectivity index (χ2v) is 8.46. The van der Waals surface area contributed by atoms with Crippen molar-refractivity contribution in [3.63, 3.8) is 0 Å². The number of benzene rings is 1. The molecule has 158 valence electrons. The van der Waals surface area contributed by atoms with Crippen molar-refractivity contribution in [1.82, 2.24) is 20.2 Å². The molecule has 3 heterocycles. The van der Waals surface area contributed by atoms with Crippen LogP contribution in [0.2, 0.25) is 0 Å². The molecular weight excluding hydrogens is 400 g/mol. The molecule has 3 aromatic rings. The third-order valence-corrected chi connectivity index (χ3v) is 6.11. The molecule has 7 nitrogen and oxygen atoms in total. The first-order valence-electron chi connectivity index (χ1n) is 10.2. The van der Waals surface area contributed by atoms with Gasteiger partial charge in [0.2, 0.25) is 5.91 Å². The lowest BCUT2D eigenvalue weighted by molar-refractivity contribution is -0.119. The van der Waals surface area contributed by atoms with Gasteiger partial charge in [0.25, 0.3) is 5.19 Å². The fourth-order valence-electron chi connectivity index (χ4n) is 3.50.